The summed E-state index contributed by atoms with van der Waals surface area (Å²) in [7, 11) is -2.72. The number of rotatable bonds is 2. The molecule has 3 N–H and O–H groups in total. The average Bonchev–Trinajstić information content (AvgIpc) is 2.02. The molecule has 0 saturated carbocycles. The summed E-state index contributed by atoms with van der Waals surface area (Å²) in [5.74, 6) is 0. The second kappa shape index (κ2) is 3.67. The Balaban J connectivity index is 2.95. The summed E-state index contributed by atoms with van der Waals surface area (Å²) >= 11 is 0. The minimum absolute atomic E-state index is 0.383. The maximum Gasteiger partial charge on any atom is 0.409 e. The molecule has 0 fully saturated rings. The third-order valence-corrected chi connectivity index (χ3v) is 2.73. The second-order valence-corrected chi connectivity index (χ2v) is 4.96. The molecule has 0 aromatic heterocycles. The fourth-order valence-electron chi connectivity index (χ4n) is 0.921. The molecule has 5 nitrogen and oxygen atoms in total. The summed E-state index contributed by atoms with van der Waals surface area (Å²) in [6, 6.07) is 5.89. The number of benzene rings is 1. The maximum atomic E-state index is 11.3. The summed E-state index contributed by atoms with van der Waals surface area (Å²) in [5, 5.41) is 10.5. The first-order chi connectivity index (χ1) is 6.39. The lowest BCUT2D eigenvalue weighted by molar-refractivity contribution is 0.210. The van der Waals surface area contributed by atoms with Crippen molar-refractivity contribution < 1.29 is 14.1 Å². The van der Waals surface area contributed by atoms with Gasteiger partial charge in [-0.1, -0.05) is 0 Å². The molecule has 1 aromatic carbocycles. The van der Waals surface area contributed by atoms with E-state index in [1.165, 1.54) is 30.5 Å². The highest BCUT2D eigenvalue weighted by Crippen LogP contribution is 2.13. The minimum atomic E-state index is -2.72. The Morgan fingerprint density at radius 2 is 1.93 bits per heavy atom. The quantitative estimate of drug-likeness (QED) is 0.701. The number of hydrogen-bond acceptors (Lipinski definition) is 3. The molecule has 0 saturated heterocycles. The molecule has 0 spiro atoms. The Morgan fingerprint density at radius 1 is 1.43 bits per heavy atom. The van der Waals surface area contributed by atoms with Crippen LogP contribution in [0.4, 0.5) is 10.5 Å². The fraction of sp³-hybridized carbons (Fsp3) is 0.125. The molecule has 0 aliphatic rings. The van der Waals surface area contributed by atoms with Gasteiger partial charge < -0.3 is 5.11 Å². The van der Waals surface area contributed by atoms with Gasteiger partial charge in [-0.2, -0.15) is 0 Å². The van der Waals surface area contributed by atoms with E-state index in [2.05, 4.69) is 5.32 Å². The van der Waals surface area contributed by atoms with Crippen LogP contribution in [0.5, 0.6) is 0 Å². The van der Waals surface area contributed by atoms with Gasteiger partial charge >= 0.3 is 6.09 Å². The molecule has 76 valence electrons. The van der Waals surface area contributed by atoms with Crippen molar-refractivity contribution in [2.45, 2.75) is 4.90 Å². The molecule has 0 radical (unpaired) electrons. The van der Waals surface area contributed by atoms with Crippen molar-refractivity contribution in [1.82, 2.24) is 0 Å². The van der Waals surface area contributed by atoms with Crippen LogP contribution in [0.25, 0.3) is 0 Å². The molecule has 1 aromatic rings. The Morgan fingerprint density at radius 3 is 2.29 bits per heavy atom. The molecular formula is C8H10N2O3S. The van der Waals surface area contributed by atoms with E-state index in [1.807, 2.05) is 0 Å². The number of anilines is 1. The van der Waals surface area contributed by atoms with Gasteiger partial charge in [0, 0.05) is 16.8 Å². The Labute approximate surface area is 81.7 Å². The Bertz CT molecular complexity index is 436. The zero-order valence-electron chi connectivity index (χ0n) is 7.48. The molecule has 14 heavy (non-hydrogen) atoms. The molecule has 1 amide bonds. The maximum absolute atomic E-state index is 11.3. The van der Waals surface area contributed by atoms with E-state index >= 15 is 0 Å². The van der Waals surface area contributed by atoms with Gasteiger partial charge in [-0.05, 0) is 24.3 Å². The molecule has 6 heteroatoms. The topological polar surface area (TPSA) is 90.3 Å². The van der Waals surface area contributed by atoms with E-state index in [0.29, 0.717) is 10.6 Å². The zero-order chi connectivity index (χ0) is 10.8. The Hall–Kier alpha value is -1.56. The highest BCUT2D eigenvalue weighted by atomic mass is 32.2. The van der Waals surface area contributed by atoms with Gasteiger partial charge in [-0.15, -0.1) is 0 Å². The summed E-state index contributed by atoms with van der Waals surface area (Å²) in [5.41, 5.74) is 0.393. The summed E-state index contributed by atoms with van der Waals surface area (Å²) in [4.78, 5) is 10.6. The van der Waals surface area contributed by atoms with Crippen molar-refractivity contribution in [3.8, 4) is 0 Å². The van der Waals surface area contributed by atoms with Gasteiger partial charge in [0.15, 0.2) is 0 Å². The summed E-state index contributed by atoms with van der Waals surface area (Å²) < 4.78 is 18.5. The van der Waals surface area contributed by atoms with Crippen molar-refractivity contribution in [3.63, 3.8) is 0 Å². The first-order valence-corrected chi connectivity index (χ1v) is 5.70. The first-order valence-electron chi connectivity index (χ1n) is 3.73. The van der Waals surface area contributed by atoms with E-state index in [4.69, 9.17) is 9.89 Å². The molecule has 0 bridgehead atoms. The summed E-state index contributed by atoms with van der Waals surface area (Å²) in [6.45, 7) is 0. The molecule has 1 rings (SSSR count). The number of carbonyl (C=O) groups is 1. The number of hydrogen-bond donors (Lipinski definition) is 3. The fourth-order valence-corrected chi connectivity index (χ4v) is 1.58. The Kier molecular flexibility index (Phi) is 2.76. The van der Waals surface area contributed by atoms with Crippen LogP contribution in [0.15, 0.2) is 29.2 Å². The lowest BCUT2D eigenvalue weighted by Crippen LogP contribution is -2.07. The van der Waals surface area contributed by atoms with Crippen LogP contribution in [0.2, 0.25) is 0 Å². The lowest BCUT2D eigenvalue weighted by Gasteiger charge is -2.03. The molecular weight excluding hydrogens is 204 g/mol. The number of amides is 1. The van der Waals surface area contributed by atoms with Crippen molar-refractivity contribution in [3.05, 3.63) is 24.3 Å². The van der Waals surface area contributed by atoms with E-state index in [-0.39, 0.29) is 0 Å². The van der Waals surface area contributed by atoms with Gasteiger partial charge in [-0.3, -0.25) is 5.32 Å². The normalized spacial score (nSPS) is 14.4. The van der Waals surface area contributed by atoms with Crippen LogP contribution in [0, 0.1) is 4.78 Å². The molecule has 0 heterocycles. The SMILES string of the molecule is CS(=N)(=O)c1ccc(NC(=O)O)cc1. The number of carboxylic acid groups (broad SMARTS) is 1. The predicted octanol–water partition coefficient (Wildman–Crippen LogP) is 1.81. The average molecular weight is 214 g/mol. The van der Waals surface area contributed by atoms with Crippen LogP contribution in [0.1, 0.15) is 0 Å². The van der Waals surface area contributed by atoms with Crippen molar-refractivity contribution >= 4 is 21.5 Å². The molecule has 1 unspecified atom stereocenters. The van der Waals surface area contributed by atoms with Gasteiger partial charge in [-0.25, -0.2) is 13.8 Å². The van der Waals surface area contributed by atoms with E-state index in [0.717, 1.165) is 0 Å². The largest absolute Gasteiger partial charge is 0.465 e. The van der Waals surface area contributed by atoms with Crippen LogP contribution >= 0.6 is 0 Å². The second-order valence-electron chi connectivity index (χ2n) is 2.80. The monoisotopic (exact) mass is 214 g/mol. The molecule has 0 aliphatic heterocycles. The molecule has 1 atom stereocenters. The van der Waals surface area contributed by atoms with Gasteiger partial charge in [0.2, 0.25) is 0 Å². The van der Waals surface area contributed by atoms with Crippen molar-refractivity contribution in [1.29, 1.82) is 4.78 Å². The standard InChI is InChI=1S/C8H10N2O3S/c1-14(9,13)7-4-2-6(3-5-7)10-8(11)12/h2-5,9-10H,1H3,(H,11,12). The van der Waals surface area contributed by atoms with Crippen LogP contribution in [-0.4, -0.2) is 21.7 Å². The highest BCUT2D eigenvalue weighted by molar-refractivity contribution is 7.91. The minimum Gasteiger partial charge on any atom is -0.465 e. The van der Waals surface area contributed by atoms with E-state index < -0.39 is 15.8 Å². The smallest absolute Gasteiger partial charge is 0.409 e. The van der Waals surface area contributed by atoms with Crippen LogP contribution < -0.4 is 5.32 Å². The van der Waals surface area contributed by atoms with Crippen LogP contribution in [-0.2, 0) is 9.73 Å². The van der Waals surface area contributed by atoms with Gasteiger partial charge in [0.25, 0.3) is 0 Å². The predicted molar refractivity (Wildman–Crippen MR) is 53.1 cm³/mol. The summed E-state index contributed by atoms with van der Waals surface area (Å²) in [6.07, 6.45) is 0.160. The third kappa shape index (κ3) is 2.74. The van der Waals surface area contributed by atoms with E-state index in [1.54, 1.807) is 0 Å². The van der Waals surface area contributed by atoms with Crippen molar-refractivity contribution in [2.75, 3.05) is 11.6 Å². The van der Waals surface area contributed by atoms with Gasteiger partial charge in [0.1, 0.15) is 0 Å². The first kappa shape index (κ1) is 10.5. The van der Waals surface area contributed by atoms with Gasteiger partial charge in [0.05, 0.1) is 9.73 Å². The highest BCUT2D eigenvalue weighted by Gasteiger charge is 2.03. The van der Waals surface area contributed by atoms with E-state index in [9.17, 15) is 9.00 Å². The number of nitrogens with one attached hydrogen (secondary N) is 2. The van der Waals surface area contributed by atoms with Crippen molar-refractivity contribution in [2.24, 2.45) is 0 Å². The lowest BCUT2D eigenvalue weighted by atomic mass is 10.3. The third-order valence-electron chi connectivity index (χ3n) is 1.56. The van der Waals surface area contributed by atoms with Crippen LogP contribution in [0.3, 0.4) is 0 Å². The zero-order valence-corrected chi connectivity index (χ0v) is 8.30. The molecule has 0 aliphatic carbocycles.